The molecule has 1 amide bonds. The molecule has 0 aromatic heterocycles. The number of nitrogens with zero attached hydrogens (tertiary/aromatic N) is 2. The fourth-order valence-corrected chi connectivity index (χ4v) is 3.74. The van der Waals surface area contributed by atoms with Gasteiger partial charge in [-0.05, 0) is 44.1 Å². The number of piperazine rings is 1. The number of carbonyl (C=O) groups excluding carboxylic acids is 1. The molecule has 21 heavy (non-hydrogen) atoms. The lowest BCUT2D eigenvalue weighted by atomic mass is 9.91. The van der Waals surface area contributed by atoms with E-state index < -0.39 is 5.54 Å². The number of hydrogen-bond acceptors (Lipinski definition) is 4. The highest BCUT2D eigenvalue weighted by Gasteiger charge is 2.50. The Bertz CT molecular complexity index is 372. The Hall–Kier alpha value is -0.650. The maximum atomic E-state index is 12.1. The maximum Gasteiger partial charge on any atom is 0.239 e. The van der Waals surface area contributed by atoms with Crippen LogP contribution in [0.3, 0.4) is 0 Å². The van der Waals surface area contributed by atoms with E-state index in [4.69, 9.17) is 5.73 Å². The third kappa shape index (κ3) is 3.58. The van der Waals surface area contributed by atoms with E-state index in [9.17, 15) is 4.79 Å². The van der Waals surface area contributed by atoms with Crippen LogP contribution < -0.4 is 11.1 Å². The van der Waals surface area contributed by atoms with Gasteiger partial charge < -0.3 is 16.0 Å². The quantitative estimate of drug-likeness (QED) is 0.674. The number of carbonyl (C=O) groups is 1. The molecule has 0 bridgehead atoms. The van der Waals surface area contributed by atoms with E-state index >= 15 is 0 Å². The first-order valence-corrected chi connectivity index (χ1v) is 8.63. The van der Waals surface area contributed by atoms with E-state index in [-0.39, 0.29) is 5.91 Å². The summed E-state index contributed by atoms with van der Waals surface area (Å²) in [5.41, 5.74) is 5.29. The summed E-state index contributed by atoms with van der Waals surface area (Å²) in [5.74, 6) is 1.25. The van der Waals surface area contributed by atoms with Gasteiger partial charge in [0.15, 0.2) is 0 Å². The van der Waals surface area contributed by atoms with Crippen molar-refractivity contribution in [1.29, 1.82) is 0 Å². The molecule has 1 aliphatic heterocycles. The summed E-state index contributed by atoms with van der Waals surface area (Å²) in [6.45, 7) is 9.36. The molecule has 0 spiro atoms. The van der Waals surface area contributed by atoms with Crippen molar-refractivity contribution in [3.05, 3.63) is 0 Å². The molecule has 1 atom stereocenters. The number of amides is 1. The SMILES string of the molecule is CCNC(CN1CCN(CC2CC2)CC1)(C(N)=O)C1CC1. The summed E-state index contributed by atoms with van der Waals surface area (Å²) in [6.07, 6.45) is 5.12. The van der Waals surface area contributed by atoms with Gasteiger partial charge in [0.25, 0.3) is 0 Å². The van der Waals surface area contributed by atoms with E-state index in [2.05, 4.69) is 22.0 Å². The molecular weight excluding hydrogens is 264 g/mol. The van der Waals surface area contributed by atoms with Gasteiger partial charge in [-0.3, -0.25) is 9.69 Å². The van der Waals surface area contributed by atoms with Crippen LogP contribution in [0.2, 0.25) is 0 Å². The predicted molar refractivity (Wildman–Crippen MR) is 83.9 cm³/mol. The third-order valence-corrected chi connectivity index (χ3v) is 5.36. The molecule has 0 aromatic rings. The van der Waals surface area contributed by atoms with Crippen molar-refractivity contribution >= 4 is 5.91 Å². The molecule has 120 valence electrons. The highest BCUT2D eigenvalue weighted by molar-refractivity contribution is 5.86. The normalized spacial score (nSPS) is 27.5. The van der Waals surface area contributed by atoms with Crippen molar-refractivity contribution in [3.63, 3.8) is 0 Å². The second kappa shape index (κ2) is 6.23. The molecule has 3 N–H and O–H groups in total. The molecule has 5 heteroatoms. The van der Waals surface area contributed by atoms with E-state index in [0.29, 0.717) is 5.92 Å². The van der Waals surface area contributed by atoms with Crippen LogP contribution >= 0.6 is 0 Å². The molecule has 3 aliphatic rings. The number of rotatable bonds is 8. The minimum Gasteiger partial charge on any atom is -0.368 e. The number of nitrogens with two attached hydrogens (primary N) is 1. The maximum absolute atomic E-state index is 12.1. The van der Waals surface area contributed by atoms with E-state index in [1.165, 1.54) is 19.4 Å². The molecule has 5 nitrogen and oxygen atoms in total. The van der Waals surface area contributed by atoms with Gasteiger partial charge in [0.05, 0.1) is 0 Å². The second-order valence-corrected chi connectivity index (χ2v) is 7.16. The van der Waals surface area contributed by atoms with Crippen molar-refractivity contribution in [3.8, 4) is 0 Å². The van der Waals surface area contributed by atoms with Crippen molar-refractivity contribution in [1.82, 2.24) is 15.1 Å². The van der Waals surface area contributed by atoms with Crippen LogP contribution in [0, 0.1) is 11.8 Å². The van der Waals surface area contributed by atoms with E-state index in [0.717, 1.165) is 58.0 Å². The summed E-state index contributed by atoms with van der Waals surface area (Å²) in [7, 11) is 0. The first-order valence-electron chi connectivity index (χ1n) is 8.63. The Balaban J connectivity index is 1.54. The summed E-state index contributed by atoms with van der Waals surface area (Å²) in [6, 6.07) is 0. The average molecular weight is 294 g/mol. The standard InChI is InChI=1S/C16H30N4O/c1-2-18-16(15(17)21,14-5-6-14)12-20-9-7-19(8-10-20)11-13-3-4-13/h13-14,18H,2-12H2,1H3,(H2,17,21). The molecule has 0 radical (unpaired) electrons. The Kier molecular flexibility index (Phi) is 4.52. The third-order valence-electron chi connectivity index (χ3n) is 5.36. The zero-order valence-corrected chi connectivity index (χ0v) is 13.3. The smallest absolute Gasteiger partial charge is 0.239 e. The number of hydrogen-bond donors (Lipinski definition) is 2. The van der Waals surface area contributed by atoms with Crippen LogP contribution in [-0.2, 0) is 4.79 Å². The Morgan fingerprint density at radius 3 is 2.24 bits per heavy atom. The zero-order valence-electron chi connectivity index (χ0n) is 13.3. The predicted octanol–water partition coefficient (Wildman–Crippen LogP) is 0.258. The lowest BCUT2D eigenvalue weighted by molar-refractivity contribution is -0.126. The van der Waals surface area contributed by atoms with Crippen LogP contribution in [0.1, 0.15) is 32.6 Å². The summed E-state index contributed by atoms with van der Waals surface area (Å²) >= 11 is 0. The van der Waals surface area contributed by atoms with Gasteiger partial charge in [0, 0.05) is 39.3 Å². The highest BCUT2D eigenvalue weighted by atomic mass is 16.1. The molecule has 1 unspecified atom stereocenters. The van der Waals surface area contributed by atoms with Crippen molar-refractivity contribution < 1.29 is 4.79 Å². The molecule has 2 aliphatic carbocycles. The largest absolute Gasteiger partial charge is 0.368 e. The minimum atomic E-state index is -0.493. The zero-order chi connectivity index (χ0) is 14.9. The number of nitrogens with one attached hydrogen (secondary N) is 1. The van der Waals surface area contributed by atoms with Crippen molar-refractivity contribution in [2.75, 3.05) is 45.8 Å². The van der Waals surface area contributed by atoms with Gasteiger partial charge in [0.1, 0.15) is 5.54 Å². The first kappa shape index (κ1) is 15.3. The Morgan fingerprint density at radius 2 is 1.76 bits per heavy atom. The summed E-state index contributed by atoms with van der Waals surface area (Å²) < 4.78 is 0. The topological polar surface area (TPSA) is 61.6 Å². The van der Waals surface area contributed by atoms with Gasteiger partial charge in [-0.1, -0.05) is 6.92 Å². The van der Waals surface area contributed by atoms with Crippen LogP contribution in [0.4, 0.5) is 0 Å². The molecule has 2 saturated carbocycles. The van der Waals surface area contributed by atoms with Crippen molar-refractivity contribution in [2.45, 2.75) is 38.1 Å². The lowest BCUT2D eigenvalue weighted by Gasteiger charge is -2.41. The van der Waals surface area contributed by atoms with Gasteiger partial charge >= 0.3 is 0 Å². The Morgan fingerprint density at radius 1 is 1.14 bits per heavy atom. The molecule has 3 fully saturated rings. The molecule has 0 aromatic carbocycles. The molecule has 3 rings (SSSR count). The number of likely N-dealkylation sites (N-methyl/N-ethyl adjacent to an activating group) is 1. The fourth-order valence-electron chi connectivity index (χ4n) is 3.74. The van der Waals surface area contributed by atoms with Crippen LogP contribution in [-0.4, -0.2) is 67.1 Å². The summed E-state index contributed by atoms with van der Waals surface area (Å²) in [5, 5.41) is 3.43. The first-order chi connectivity index (χ1) is 10.1. The highest BCUT2D eigenvalue weighted by Crippen LogP contribution is 2.40. The van der Waals surface area contributed by atoms with Gasteiger partial charge in [-0.15, -0.1) is 0 Å². The second-order valence-electron chi connectivity index (χ2n) is 7.16. The fraction of sp³-hybridized carbons (Fsp3) is 0.938. The van der Waals surface area contributed by atoms with Gasteiger partial charge in [-0.25, -0.2) is 0 Å². The van der Waals surface area contributed by atoms with Gasteiger partial charge in [0.2, 0.25) is 5.91 Å². The van der Waals surface area contributed by atoms with Crippen LogP contribution in [0.25, 0.3) is 0 Å². The molecular formula is C16H30N4O. The monoisotopic (exact) mass is 294 g/mol. The minimum absolute atomic E-state index is 0.160. The Labute approximate surface area is 128 Å². The molecule has 1 saturated heterocycles. The molecule has 1 heterocycles. The summed E-state index contributed by atoms with van der Waals surface area (Å²) in [4.78, 5) is 17.1. The lowest BCUT2D eigenvalue weighted by Crippen LogP contribution is -2.64. The van der Waals surface area contributed by atoms with E-state index in [1.807, 2.05) is 0 Å². The van der Waals surface area contributed by atoms with Gasteiger partial charge in [-0.2, -0.15) is 0 Å². The van der Waals surface area contributed by atoms with Crippen LogP contribution in [0.15, 0.2) is 0 Å². The van der Waals surface area contributed by atoms with E-state index in [1.54, 1.807) is 0 Å². The van der Waals surface area contributed by atoms with Crippen molar-refractivity contribution in [2.24, 2.45) is 17.6 Å². The average Bonchev–Trinajstić information content (AvgIpc) is 3.34. The number of primary amides is 1. The van der Waals surface area contributed by atoms with Crippen LogP contribution in [0.5, 0.6) is 0 Å².